The van der Waals surface area contributed by atoms with Crippen LogP contribution >= 0.6 is 7.92 Å². The van der Waals surface area contributed by atoms with Gasteiger partial charge < -0.3 is 13.7 Å². The van der Waals surface area contributed by atoms with Crippen LogP contribution < -0.4 is 105 Å². The Labute approximate surface area is 316 Å². The van der Waals surface area contributed by atoms with Crippen LogP contribution in [0.5, 0.6) is 0 Å². The molecule has 0 aliphatic rings. The molecular formula is C26H28Na3O9PS3. The van der Waals surface area contributed by atoms with Gasteiger partial charge in [0.15, 0.2) is 0 Å². The number of rotatable bonds is 13. The molecule has 42 heavy (non-hydrogen) atoms. The van der Waals surface area contributed by atoms with Crippen LogP contribution in [0.2, 0.25) is 0 Å². The summed E-state index contributed by atoms with van der Waals surface area (Å²) in [6.45, 7) is 2.10. The Morgan fingerprint density at radius 2 is 1.02 bits per heavy atom. The topological polar surface area (TPSA) is 172 Å². The smallest absolute Gasteiger partial charge is 0.744 e. The molecule has 0 aliphatic carbocycles. The molecule has 0 bridgehead atoms. The summed E-state index contributed by atoms with van der Waals surface area (Å²) in [5, 5.41) is 0.854. The maximum Gasteiger partial charge on any atom is 1.00 e. The van der Waals surface area contributed by atoms with Crippen molar-refractivity contribution in [2.75, 3.05) is 0 Å². The van der Waals surface area contributed by atoms with Crippen molar-refractivity contribution in [2.24, 2.45) is 0 Å². The van der Waals surface area contributed by atoms with Crippen LogP contribution in [0.3, 0.4) is 0 Å². The average molecular weight is 681 g/mol. The fraction of sp³-hybridized carbons (Fsp3) is 0.308. The summed E-state index contributed by atoms with van der Waals surface area (Å²) in [4.78, 5) is -1.48. The summed E-state index contributed by atoms with van der Waals surface area (Å²) in [7, 11) is -16.5. The first-order valence-corrected chi connectivity index (χ1v) is 17.8. The number of hydrogen-bond donors (Lipinski definition) is 0. The Balaban J connectivity index is 0.00000560. The van der Waals surface area contributed by atoms with Crippen LogP contribution in [-0.2, 0) is 36.8 Å². The van der Waals surface area contributed by atoms with E-state index in [0.717, 1.165) is 56.4 Å². The number of unbranched alkanes of at least 4 members (excludes halogenated alkanes) is 5. The molecule has 0 aromatic heterocycles. The van der Waals surface area contributed by atoms with E-state index in [9.17, 15) is 38.9 Å². The molecule has 16 heteroatoms. The van der Waals surface area contributed by atoms with Gasteiger partial charge in [0.05, 0.1) is 14.7 Å². The predicted octanol–water partition coefficient (Wildman–Crippen LogP) is -5.93. The molecule has 3 aromatic carbocycles. The minimum absolute atomic E-state index is 0. The van der Waals surface area contributed by atoms with Gasteiger partial charge in [-0.1, -0.05) is 75.4 Å². The van der Waals surface area contributed by atoms with Gasteiger partial charge in [0.2, 0.25) is 0 Å². The van der Waals surface area contributed by atoms with Gasteiger partial charge in [-0.05, 0) is 72.6 Å². The molecule has 3 aromatic rings. The first kappa shape index (κ1) is 42.8. The summed E-state index contributed by atoms with van der Waals surface area (Å²) in [6, 6.07) is 14.5. The molecule has 0 saturated carbocycles. The molecule has 0 N–H and O–H groups in total. The Morgan fingerprint density at radius 1 is 0.571 bits per heavy atom. The van der Waals surface area contributed by atoms with Crippen LogP contribution in [0.25, 0.3) is 0 Å². The maximum absolute atomic E-state index is 12.3. The van der Waals surface area contributed by atoms with Crippen LogP contribution in [0, 0.1) is 0 Å². The molecule has 0 fully saturated rings. The zero-order chi connectivity index (χ0) is 28.8. The molecule has 0 atom stereocenters. The number of aryl methyl sites for hydroxylation is 1. The second-order valence-electron chi connectivity index (χ2n) is 9.00. The van der Waals surface area contributed by atoms with Gasteiger partial charge in [-0.15, -0.1) is 0 Å². The SMILES string of the molecule is CCCCCCCCc1ccc(P(c2cccc(S(=O)(=O)[O-])c2)c2cccc(S(=O)(=O)[O-])c2)cc1S(=O)(=O)[O-].[Na+].[Na+].[Na+]. The van der Waals surface area contributed by atoms with Gasteiger partial charge in [-0.3, -0.25) is 0 Å². The van der Waals surface area contributed by atoms with E-state index in [0.29, 0.717) is 23.7 Å². The van der Waals surface area contributed by atoms with Crippen LogP contribution in [0.15, 0.2) is 81.4 Å². The third-order valence-electron chi connectivity index (χ3n) is 6.11. The largest absolute Gasteiger partial charge is 1.00 e. The minimum atomic E-state index is -4.90. The van der Waals surface area contributed by atoms with Gasteiger partial charge in [0.1, 0.15) is 30.4 Å². The standard InChI is InChI=1S/C26H31O9PS3.3Na/c1-2-3-4-5-6-7-10-20-15-16-23(19-26(20)39(33,34)35)36(21-11-8-13-24(17-21)37(27,28)29)22-12-9-14-25(18-22)38(30,31)32;;;/h8-9,11-19H,2-7,10H2,1H3,(H,27,28,29)(H,30,31,32)(H,33,34,35);;;/q;3*+1/p-3. The van der Waals surface area contributed by atoms with Crippen molar-refractivity contribution in [1.82, 2.24) is 0 Å². The van der Waals surface area contributed by atoms with E-state index >= 15 is 0 Å². The van der Waals surface area contributed by atoms with E-state index in [4.69, 9.17) is 0 Å². The van der Waals surface area contributed by atoms with Gasteiger partial charge in [-0.25, -0.2) is 25.3 Å². The van der Waals surface area contributed by atoms with E-state index in [2.05, 4.69) is 6.92 Å². The summed E-state index contributed by atoms with van der Waals surface area (Å²) in [5.41, 5.74) is 0.353. The van der Waals surface area contributed by atoms with E-state index in [1.807, 2.05) is 0 Å². The first-order chi connectivity index (χ1) is 18.2. The van der Waals surface area contributed by atoms with Gasteiger partial charge in [0.25, 0.3) is 0 Å². The van der Waals surface area contributed by atoms with E-state index < -0.39 is 53.0 Å². The summed E-state index contributed by atoms with van der Waals surface area (Å²) < 4.78 is 107. The van der Waals surface area contributed by atoms with Crippen molar-refractivity contribution in [2.45, 2.75) is 66.6 Å². The molecule has 0 spiro atoms. The fourth-order valence-corrected chi connectivity index (χ4v) is 8.66. The van der Waals surface area contributed by atoms with E-state index in [1.54, 1.807) is 6.07 Å². The number of hydrogen-bond acceptors (Lipinski definition) is 9. The monoisotopic (exact) mass is 680 g/mol. The second-order valence-corrected chi connectivity index (χ2v) is 15.3. The fourth-order valence-electron chi connectivity index (χ4n) is 4.22. The predicted molar refractivity (Wildman–Crippen MR) is 146 cm³/mol. The normalized spacial score (nSPS) is 11.7. The van der Waals surface area contributed by atoms with Crippen molar-refractivity contribution in [3.05, 3.63) is 72.3 Å². The molecule has 0 aliphatic heterocycles. The molecule has 9 nitrogen and oxygen atoms in total. The second kappa shape index (κ2) is 18.8. The third kappa shape index (κ3) is 12.5. The maximum atomic E-state index is 12.3. The number of benzene rings is 3. The van der Waals surface area contributed by atoms with Gasteiger partial charge >= 0.3 is 88.7 Å². The quantitative estimate of drug-likeness (QED) is 0.0738. The van der Waals surface area contributed by atoms with Crippen LogP contribution in [0.4, 0.5) is 0 Å². The molecule has 0 amide bonds. The Hall–Kier alpha value is 0.820. The molecular weight excluding hydrogens is 652 g/mol. The van der Waals surface area contributed by atoms with Gasteiger partial charge in [-0.2, -0.15) is 0 Å². The van der Waals surface area contributed by atoms with Crippen molar-refractivity contribution >= 4 is 54.2 Å². The van der Waals surface area contributed by atoms with Gasteiger partial charge in [0, 0.05) is 0 Å². The molecule has 212 valence electrons. The van der Waals surface area contributed by atoms with Crippen LogP contribution in [0.1, 0.15) is 51.0 Å². The van der Waals surface area contributed by atoms with E-state index in [-0.39, 0.29) is 99.3 Å². The zero-order valence-corrected chi connectivity index (χ0v) is 33.5. The molecule has 3 rings (SSSR count). The Morgan fingerprint density at radius 3 is 1.48 bits per heavy atom. The van der Waals surface area contributed by atoms with Crippen molar-refractivity contribution in [3.8, 4) is 0 Å². The molecule has 0 saturated heterocycles. The molecule has 0 unspecified atom stereocenters. The Kier molecular flexibility index (Phi) is 19.2. The summed E-state index contributed by atoms with van der Waals surface area (Å²) in [6.07, 6.45) is 6.21. The first-order valence-electron chi connectivity index (χ1n) is 12.2. The average Bonchev–Trinajstić information content (AvgIpc) is 2.85. The zero-order valence-electron chi connectivity index (χ0n) is 24.1. The minimum Gasteiger partial charge on any atom is -0.744 e. The molecule has 0 radical (unpaired) electrons. The summed E-state index contributed by atoms with van der Waals surface area (Å²) in [5.74, 6) is 0. The van der Waals surface area contributed by atoms with Crippen LogP contribution in [-0.4, -0.2) is 38.9 Å². The van der Waals surface area contributed by atoms with E-state index in [1.165, 1.54) is 36.4 Å². The van der Waals surface area contributed by atoms with Crippen molar-refractivity contribution in [1.29, 1.82) is 0 Å². The Bertz CT molecular complexity index is 1570. The van der Waals surface area contributed by atoms with Crippen molar-refractivity contribution in [3.63, 3.8) is 0 Å². The third-order valence-corrected chi connectivity index (χ3v) is 11.1. The molecule has 0 heterocycles. The van der Waals surface area contributed by atoms with Crippen molar-refractivity contribution < 1.29 is 128 Å². The summed E-state index contributed by atoms with van der Waals surface area (Å²) >= 11 is 0.